The van der Waals surface area contributed by atoms with Crippen molar-refractivity contribution in [3.63, 3.8) is 0 Å². The van der Waals surface area contributed by atoms with Gasteiger partial charge < -0.3 is 14.6 Å². The Morgan fingerprint density at radius 3 is 2.68 bits per heavy atom. The Labute approximate surface area is 120 Å². The highest BCUT2D eigenvalue weighted by Crippen LogP contribution is 2.11. The number of hydrogen-bond acceptors (Lipinski definition) is 3. The number of rotatable bonds is 6. The van der Waals surface area contributed by atoms with Crippen molar-refractivity contribution in [2.45, 2.75) is 13.8 Å². The molecule has 1 rings (SSSR count). The molecule has 6 heteroatoms. The number of nitrogens with one attached hydrogen (secondary N) is 1. The molecule has 1 aromatic rings. The first-order chi connectivity index (χ1) is 8.93. The zero-order chi connectivity index (χ0) is 14.4. The number of aromatic nitrogens is 1. The first kappa shape index (κ1) is 15.5. The average molecular weight is 329 g/mol. The Kier molecular flexibility index (Phi) is 5.82. The van der Waals surface area contributed by atoms with Gasteiger partial charge in [-0.15, -0.1) is 0 Å². The molecule has 0 atom stereocenters. The second-order valence-electron chi connectivity index (χ2n) is 4.17. The second-order valence-corrected chi connectivity index (χ2v) is 5.09. The molecule has 0 spiro atoms. The summed E-state index contributed by atoms with van der Waals surface area (Å²) in [7, 11) is 0. The van der Waals surface area contributed by atoms with E-state index in [0.29, 0.717) is 18.8 Å². The van der Waals surface area contributed by atoms with Crippen LogP contribution in [0.1, 0.15) is 24.3 Å². The molecule has 1 N–H and O–H groups in total. The summed E-state index contributed by atoms with van der Waals surface area (Å²) in [5, 5.41) is 0. The normalized spacial score (nSPS) is 10.1. The maximum atomic E-state index is 11.8. The van der Waals surface area contributed by atoms with E-state index >= 15 is 0 Å². The summed E-state index contributed by atoms with van der Waals surface area (Å²) >= 11 is 3.22. The van der Waals surface area contributed by atoms with Gasteiger partial charge in [0.05, 0.1) is 0 Å². The lowest BCUT2D eigenvalue weighted by Crippen LogP contribution is -2.35. The molecule has 19 heavy (non-hydrogen) atoms. The van der Waals surface area contributed by atoms with Crippen molar-refractivity contribution in [3.8, 4) is 0 Å². The molecule has 0 bridgehead atoms. The van der Waals surface area contributed by atoms with Crippen LogP contribution in [0.4, 0.5) is 0 Å². The number of amides is 1. The molecule has 0 saturated carbocycles. The molecule has 0 fully saturated rings. The van der Waals surface area contributed by atoms with Gasteiger partial charge in [-0.2, -0.15) is 0 Å². The van der Waals surface area contributed by atoms with E-state index in [2.05, 4.69) is 27.5 Å². The molecule has 1 heterocycles. The van der Waals surface area contributed by atoms with Gasteiger partial charge in [-0.25, -0.2) is 4.79 Å². The van der Waals surface area contributed by atoms with Crippen molar-refractivity contribution in [3.05, 3.63) is 34.6 Å². The molecule has 0 aromatic carbocycles. The number of carbonyl (C=O) groups is 2. The van der Waals surface area contributed by atoms with Crippen molar-refractivity contribution in [1.82, 2.24) is 9.88 Å². The minimum absolute atomic E-state index is 0.232. The largest absolute Gasteiger partial charge is 0.451 e. The van der Waals surface area contributed by atoms with Gasteiger partial charge in [0.2, 0.25) is 0 Å². The van der Waals surface area contributed by atoms with Crippen LogP contribution in [0, 0.1) is 0 Å². The minimum Gasteiger partial charge on any atom is -0.451 e. The van der Waals surface area contributed by atoms with Gasteiger partial charge in [0, 0.05) is 23.8 Å². The van der Waals surface area contributed by atoms with E-state index in [1.807, 2.05) is 13.8 Å². The third kappa shape index (κ3) is 4.90. The van der Waals surface area contributed by atoms with Crippen LogP contribution < -0.4 is 0 Å². The summed E-state index contributed by atoms with van der Waals surface area (Å²) in [6, 6.07) is 1.60. The van der Waals surface area contributed by atoms with E-state index < -0.39 is 5.97 Å². The third-order valence-electron chi connectivity index (χ3n) is 2.39. The zero-order valence-electron chi connectivity index (χ0n) is 11.0. The maximum Gasteiger partial charge on any atom is 0.355 e. The maximum absolute atomic E-state index is 11.8. The molecule has 5 nitrogen and oxygen atoms in total. The van der Waals surface area contributed by atoms with E-state index in [1.165, 1.54) is 0 Å². The lowest BCUT2D eigenvalue weighted by Gasteiger charge is -2.20. The number of hydrogen-bond donors (Lipinski definition) is 1. The van der Waals surface area contributed by atoms with Gasteiger partial charge in [0.25, 0.3) is 5.91 Å². The van der Waals surface area contributed by atoms with Gasteiger partial charge in [-0.1, -0.05) is 12.2 Å². The third-order valence-corrected chi connectivity index (χ3v) is 2.85. The summed E-state index contributed by atoms with van der Waals surface area (Å²) in [5.74, 6) is -0.783. The molecular weight excluding hydrogens is 312 g/mol. The second kappa shape index (κ2) is 7.13. The quantitative estimate of drug-likeness (QED) is 0.644. The zero-order valence-corrected chi connectivity index (χ0v) is 12.6. The molecule has 0 unspecified atom stereocenters. The molecular formula is C13H17BrN2O3. The highest BCUT2D eigenvalue weighted by Gasteiger charge is 2.16. The number of aromatic amines is 1. The van der Waals surface area contributed by atoms with Gasteiger partial charge in [0.15, 0.2) is 6.61 Å². The first-order valence-corrected chi connectivity index (χ1v) is 6.66. The smallest absolute Gasteiger partial charge is 0.355 e. The van der Waals surface area contributed by atoms with Crippen LogP contribution in [0.15, 0.2) is 28.9 Å². The Morgan fingerprint density at radius 1 is 1.53 bits per heavy atom. The summed E-state index contributed by atoms with van der Waals surface area (Å²) < 4.78 is 5.71. The highest BCUT2D eigenvalue weighted by molar-refractivity contribution is 9.10. The van der Waals surface area contributed by atoms with Crippen molar-refractivity contribution in [1.29, 1.82) is 0 Å². The Balaban J connectivity index is 2.49. The summed E-state index contributed by atoms with van der Waals surface area (Å²) in [6.45, 7) is 8.23. The fraction of sp³-hybridized carbons (Fsp3) is 0.385. The van der Waals surface area contributed by atoms with Gasteiger partial charge in [-0.3, -0.25) is 4.79 Å². The molecule has 0 radical (unpaired) electrons. The highest BCUT2D eigenvalue weighted by atomic mass is 79.9. The lowest BCUT2D eigenvalue weighted by atomic mass is 10.3. The van der Waals surface area contributed by atoms with E-state index in [0.717, 1.165) is 10.0 Å². The van der Waals surface area contributed by atoms with Gasteiger partial charge in [-0.05, 0) is 35.8 Å². The minimum atomic E-state index is -0.551. The molecule has 104 valence electrons. The van der Waals surface area contributed by atoms with Gasteiger partial charge >= 0.3 is 5.97 Å². The number of nitrogens with zero attached hydrogens (tertiary/aromatic N) is 1. The number of halogens is 1. The van der Waals surface area contributed by atoms with Crippen LogP contribution in [-0.4, -0.2) is 41.5 Å². The Morgan fingerprint density at radius 2 is 2.21 bits per heavy atom. The summed E-state index contributed by atoms with van der Waals surface area (Å²) in [6.07, 6.45) is 1.62. The average Bonchev–Trinajstić information content (AvgIpc) is 2.79. The molecule has 0 aliphatic heterocycles. The number of H-pyrrole nitrogens is 1. The van der Waals surface area contributed by atoms with Crippen LogP contribution in [-0.2, 0) is 9.53 Å². The monoisotopic (exact) mass is 328 g/mol. The number of esters is 1. The first-order valence-electron chi connectivity index (χ1n) is 5.87. The van der Waals surface area contributed by atoms with Crippen LogP contribution in [0.5, 0.6) is 0 Å². The fourth-order valence-corrected chi connectivity index (χ4v) is 1.83. The van der Waals surface area contributed by atoms with Crippen molar-refractivity contribution >= 4 is 27.8 Å². The van der Waals surface area contributed by atoms with Crippen LogP contribution >= 0.6 is 15.9 Å². The summed E-state index contributed by atoms with van der Waals surface area (Å²) in [4.78, 5) is 27.8. The van der Waals surface area contributed by atoms with E-state index in [-0.39, 0.29) is 12.5 Å². The molecule has 1 amide bonds. The predicted molar refractivity (Wildman–Crippen MR) is 75.8 cm³/mol. The van der Waals surface area contributed by atoms with Crippen molar-refractivity contribution < 1.29 is 14.3 Å². The number of ether oxygens (including phenoxy) is 1. The molecule has 0 aliphatic rings. The van der Waals surface area contributed by atoms with E-state index in [9.17, 15) is 9.59 Å². The van der Waals surface area contributed by atoms with Crippen molar-refractivity contribution in [2.24, 2.45) is 0 Å². The van der Waals surface area contributed by atoms with Crippen LogP contribution in [0.3, 0.4) is 0 Å². The topological polar surface area (TPSA) is 62.4 Å². The van der Waals surface area contributed by atoms with Gasteiger partial charge in [0.1, 0.15) is 5.69 Å². The van der Waals surface area contributed by atoms with Crippen LogP contribution in [0.25, 0.3) is 0 Å². The van der Waals surface area contributed by atoms with Crippen LogP contribution in [0.2, 0.25) is 0 Å². The van der Waals surface area contributed by atoms with E-state index in [4.69, 9.17) is 4.74 Å². The number of carbonyl (C=O) groups excluding carboxylic acids is 2. The standard InChI is InChI=1S/C13H17BrN2O3/c1-4-16(7-9(2)3)12(17)8-19-13(18)11-5-10(14)6-15-11/h5-6,15H,2,4,7-8H2,1,3H3. The molecule has 0 aliphatic carbocycles. The molecule has 1 aromatic heterocycles. The summed E-state index contributed by atoms with van der Waals surface area (Å²) in [5.41, 5.74) is 1.19. The fourth-order valence-electron chi connectivity index (χ4n) is 1.48. The van der Waals surface area contributed by atoms with Crippen molar-refractivity contribution in [2.75, 3.05) is 19.7 Å². The SMILES string of the molecule is C=C(C)CN(CC)C(=O)COC(=O)c1cc(Br)c[nH]1. The van der Waals surface area contributed by atoms with E-state index in [1.54, 1.807) is 17.2 Å². The predicted octanol–water partition coefficient (Wildman–Crippen LogP) is 2.36. The lowest BCUT2D eigenvalue weighted by molar-refractivity contribution is -0.133. The number of likely N-dealkylation sites (N-methyl/N-ethyl adjacent to an activating group) is 1. The Hall–Kier alpha value is -1.56. The Bertz CT molecular complexity index is 482. The molecule has 0 saturated heterocycles.